The molecular formula is C71H102N6. The van der Waals surface area contributed by atoms with E-state index in [9.17, 15) is 0 Å². The highest BCUT2D eigenvalue weighted by Gasteiger charge is 2.26. The van der Waals surface area contributed by atoms with Gasteiger partial charge >= 0.3 is 0 Å². The van der Waals surface area contributed by atoms with Crippen molar-refractivity contribution in [2.24, 2.45) is 10.4 Å². The van der Waals surface area contributed by atoms with E-state index in [0.29, 0.717) is 29.6 Å². The molecule has 8 aromatic rings. The Morgan fingerprint density at radius 3 is 1.35 bits per heavy atom. The first-order valence-electron chi connectivity index (χ1n) is 28.9. The average Bonchev–Trinajstić information content (AvgIpc) is 4.15. The van der Waals surface area contributed by atoms with Crippen LogP contribution in [0.5, 0.6) is 0 Å². The highest BCUT2D eigenvalue weighted by Crippen LogP contribution is 2.37. The van der Waals surface area contributed by atoms with Crippen LogP contribution in [-0.2, 0) is 28.1 Å². The summed E-state index contributed by atoms with van der Waals surface area (Å²) in [6.45, 7) is 55.5. The number of imidazole rings is 2. The molecule has 0 saturated heterocycles. The van der Waals surface area contributed by atoms with E-state index in [4.69, 9.17) is 4.99 Å². The van der Waals surface area contributed by atoms with E-state index in [1.807, 2.05) is 0 Å². The molecule has 0 aliphatic carbocycles. The summed E-state index contributed by atoms with van der Waals surface area (Å²) in [6.07, 6.45) is 1.02. The van der Waals surface area contributed by atoms with Gasteiger partial charge < -0.3 is 15.0 Å². The number of aromatic nitrogens is 5. The van der Waals surface area contributed by atoms with Crippen molar-refractivity contribution in [2.45, 2.75) is 231 Å². The lowest BCUT2D eigenvalue weighted by Gasteiger charge is -2.19. The molecule has 416 valence electrons. The molecule has 0 saturated carbocycles. The van der Waals surface area contributed by atoms with Crippen molar-refractivity contribution in [1.29, 1.82) is 0 Å². The van der Waals surface area contributed by atoms with E-state index in [2.05, 4.69) is 301 Å². The van der Waals surface area contributed by atoms with Crippen molar-refractivity contribution < 1.29 is 0 Å². The minimum absolute atomic E-state index is 0.0704. The number of hydrogen-bond acceptors (Lipinski definition) is 3. The lowest BCUT2D eigenvalue weighted by atomic mass is 9.85. The first-order chi connectivity index (χ1) is 35.4. The molecule has 6 nitrogen and oxygen atoms in total. The Labute approximate surface area is 467 Å². The number of nitrogens with one attached hydrogen (secondary N) is 3. The van der Waals surface area contributed by atoms with Crippen molar-refractivity contribution in [3.63, 3.8) is 0 Å². The summed E-state index contributed by atoms with van der Waals surface area (Å²) in [6, 6.07) is 37.7. The number of aliphatic imine (C=N–C) groups is 1. The SMILES string of the molecule is CC(C)(C)C1=Nc2cc(C(C)(C)C)ccc2C1.CC(C)(C)c1ccc2nc(C(C)(C)C)[nH]c2c1.CC(C)c1ccc(C(C)(C)C)cc1.CC(C)c1ccc2cc(C(C)C)[nH]c2c1.CC(C)c1ccc2nc(C(C)C)[nH]c2c1. The Balaban J connectivity index is 0.000000178. The zero-order chi connectivity index (χ0) is 57.7. The van der Waals surface area contributed by atoms with Crippen LogP contribution in [0.3, 0.4) is 0 Å². The molecule has 0 spiro atoms. The number of H-pyrrole nitrogens is 3. The van der Waals surface area contributed by atoms with Crippen molar-refractivity contribution in [3.8, 4) is 0 Å². The highest BCUT2D eigenvalue weighted by atomic mass is 14.9. The molecule has 1 aliphatic heterocycles. The van der Waals surface area contributed by atoms with Gasteiger partial charge in [-0.05, 0) is 127 Å². The van der Waals surface area contributed by atoms with Gasteiger partial charge in [0.2, 0.25) is 0 Å². The van der Waals surface area contributed by atoms with Crippen LogP contribution in [0.15, 0.2) is 108 Å². The quantitative estimate of drug-likeness (QED) is 0.160. The van der Waals surface area contributed by atoms with Crippen LogP contribution < -0.4 is 0 Å². The number of hydrogen-bond donors (Lipinski definition) is 3. The Kier molecular flexibility index (Phi) is 19.8. The van der Waals surface area contributed by atoms with Gasteiger partial charge in [0.1, 0.15) is 11.6 Å². The molecule has 0 radical (unpaired) electrons. The summed E-state index contributed by atoms with van der Waals surface area (Å²) in [7, 11) is 0. The van der Waals surface area contributed by atoms with Gasteiger partial charge in [0.05, 0.1) is 27.8 Å². The van der Waals surface area contributed by atoms with E-state index in [1.54, 1.807) is 0 Å². The van der Waals surface area contributed by atoms with E-state index >= 15 is 0 Å². The third-order valence-corrected chi connectivity index (χ3v) is 14.6. The zero-order valence-electron chi connectivity index (χ0n) is 52.8. The number of nitrogens with zero attached hydrogens (tertiary/aromatic N) is 3. The number of aromatic amines is 3. The monoisotopic (exact) mass is 1040 g/mol. The first-order valence-corrected chi connectivity index (χ1v) is 28.9. The summed E-state index contributed by atoms with van der Waals surface area (Å²) in [5.41, 5.74) is 20.1. The summed E-state index contributed by atoms with van der Waals surface area (Å²) in [5.74, 6) is 4.96. The Bertz CT molecular complexity index is 3080. The van der Waals surface area contributed by atoms with Gasteiger partial charge in [0.25, 0.3) is 0 Å². The topological polar surface area (TPSA) is 85.5 Å². The third kappa shape index (κ3) is 17.1. The van der Waals surface area contributed by atoms with Crippen LogP contribution >= 0.6 is 0 Å². The van der Waals surface area contributed by atoms with Gasteiger partial charge in [-0.1, -0.05) is 234 Å². The van der Waals surface area contributed by atoms with Crippen molar-refractivity contribution in [2.75, 3.05) is 0 Å². The minimum Gasteiger partial charge on any atom is -0.358 e. The van der Waals surface area contributed by atoms with Crippen LogP contribution in [0.1, 0.15) is 259 Å². The number of benzene rings is 5. The van der Waals surface area contributed by atoms with Crippen LogP contribution in [0.4, 0.5) is 5.69 Å². The molecule has 77 heavy (non-hydrogen) atoms. The van der Waals surface area contributed by atoms with Gasteiger partial charge in [-0.2, -0.15) is 0 Å². The van der Waals surface area contributed by atoms with Gasteiger partial charge in [-0.15, -0.1) is 0 Å². The molecule has 0 amide bonds. The standard InChI is InChI=1S/C16H23N.C15H22N2.C14H19N.C13H18N2.C13H20/c1-15(2,3)12-8-7-11-9-14(16(4,5)6)17-13(11)10-12;1-14(2,3)10-7-8-11-12(9-10)17-13(16-11)15(4,5)6;1-9(2)11-5-6-12-8-13(10(3)4)15-14(12)7-11;1-8(2)10-5-6-11-12(7-10)15-13(14-11)9(3)4;1-10(2)11-6-8-12(9-7-11)13(3,4)5/h7-8,10H,9H2,1-6H3;7-9H,1-6H3,(H,16,17);5-10,15H,1-4H3;5-9H,1-4H3,(H,14,15);6-10H,1-5H3. The van der Waals surface area contributed by atoms with Gasteiger partial charge in [0.15, 0.2) is 0 Å². The Morgan fingerprint density at radius 1 is 0.377 bits per heavy atom. The summed E-state index contributed by atoms with van der Waals surface area (Å²) in [4.78, 5) is 24.3. The van der Waals surface area contributed by atoms with E-state index < -0.39 is 0 Å². The minimum atomic E-state index is 0.0704. The van der Waals surface area contributed by atoms with Crippen LogP contribution in [-0.4, -0.2) is 30.6 Å². The average molecular weight is 1040 g/mol. The fourth-order valence-corrected chi connectivity index (χ4v) is 8.80. The number of fused-ring (bicyclic) bond motifs is 4. The predicted molar refractivity (Wildman–Crippen MR) is 339 cm³/mol. The Hall–Kier alpha value is -5.75. The smallest absolute Gasteiger partial charge is 0.112 e. The Morgan fingerprint density at radius 2 is 0.844 bits per heavy atom. The molecule has 4 heterocycles. The van der Waals surface area contributed by atoms with Crippen LogP contribution in [0.25, 0.3) is 33.0 Å². The largest absolute Gasteiger partial charge is 0.358 e. The molecule has 6 heteroatoms. The van der Waals surface area contributed by atoms with E-state index in [0.717, 1.165) is 40.1 Å². The lowest BCUT2D eigenvalue weighted by Crippen LogP contribution is -2.19. The van der Waals surface area contributed by atoms with Crippen LogP contribution in [0.2, 0.25) is 0 Å². The predicted octanol–water partition coefficient (Wildman–Crippen LogP) is 21.1. The molecule has 0 fully saturated rings. The maximum absolute atomic E-state index is 4.81. The first kappa shape index (κ1) is 62.1. The second-order valence-electron chi connectivity index (χ2n) is 28.5. The molecule has 5 aromatic carbocycles. The van der Waals surface area contributed by atoms with Crippen molar-refractivity contribution in [3.05, 3.63) is 159 Å². The van der Waals surface area contributed by atoms with E-state index in [-0.39, 0.29) is 27.1 Å². The van der Waals surface area contributed by atoms with E-state index in [1.165, 1.54) is 66.9 Å². The van der Waals surface area contributed by atoms with Gasteiger partial charge in [-0.3, -0.25) is 4.99 Å². The second kappa shape index (κ2) is 24.5. The van der Waals surface area contributed by atoms with Gasteiger partial charge in [0, 0.05) is 40.1 Å². The molecule has 0 atom stereocenters. The fraction of sp³-hybridized carbons (Fsp3) is 0.507. The highest BCUT2D eigenvalue weighted by molar-refractivity contribution is 5.97. The fourth-order valence-electron chi connectivity index (χ4n) is 8.80. The second-order valence-corrected chi connectivity index (χ2v) is 28.5. The molecule has 0 bridgehead atoms. The molecule has 0 unspecified atom stereocenters. The summed E-state index contributed by atoms with van der Waals surface area (Å²) < 4.78 is 0. The maximum Gasteiger partial charge on any atom is 0.112 e. The molecule has 3 aromatic heterocycles. The normalized spacial score (nSPS) is 13.1. The lowest BCUT2D eigenvalue weighted by molar-refractivity contribution is 0.554. The zero-order valence-corrected chi connectivity index (χ0v) is 52.8. The maximum atomic E-state index is 4.81. The van der Waals surface area contributed by atoms with Crippen LogP contribution in [0, 0.1) is 5.41 Å². The third-order valence-electron chi connectivity index (χ3n) is 14.6. The summed E-state index contributed by atoms with van der Waals surface area (Å²) in [5, 5.41) is 1.32. The summed E-state index contributed by atoms with van der Waals surface area (Å²) >= 11 is 0. The van der Waals surface area contributed by atoms with Gasteiger partial charge in [-0.25, -0.2) is 9.97 Å². The molecular weight excluding hydrogens is 937 g/mol. The molecule has 1 aliphatic rings. The molecule has 9 rings (SSSR count). The van der Waals surface area contributed by atoms with Crippen molar-refractivity contribution in [1.82, 2.24) is 24.9 Å². The van der Waals surface area contributed by atoms with Crippen molar-refractivity contribution >= 4 is 44.4 Å². The molecule has 3 N–H and O–H groups in total. The number of rotatable bonds is 5.